The molecule has 0 heterocycles. The van der Waals surface area contributed by atoms with E-state index < -0.39 is 29.5 Å². The summed E-state index contributed by atoms with van der Waals surface area (Å²) in [5.41, 5.74) is 4.69. The Labute approximate surface area is 93.5 Å². The van der Waals surface area contributed by atoms with Gasteiger partial charge in [0.1, 0.15) is 5.60 Å². The maximum Gasteiger partial charge on any atom is 0.322 e. The van der Waals surface area contributed by atoms with Crippen molar-refractivity contribution < 1.29 is 19.4 Å². The first-order valence-electron chi connectivity index (χ1n) is 4.46. The van der Waals surface area contributed by atoms with Crippen LogP contribution in [0.3, 0.4) is 0 Å². The van der Waals surface area contributed by atoms with Crippen LogP contribution in [0.25, 0.3) is 0 Å². The average Bonchev–Trinajstić information content (AvgIpc) is 1.99. The van der Waals surface area contributed by atoms with Crippen molar-refractivity contribution in [3.63, 3.8) is 0 Å². The van der Waals surface area contributed by atoms with E-state index in [0.717, 1.165) is 0 Å². The largest absolute Gasteiger partial charge is 0.481 e. The van der Waals surface area contributed by atoms with Gasteiger partial charge in [0.15, 0.2) is 5.92 Å². The Morgan fingerprint density at radius 1 is 1.47 bits per heavy atom. The Morgan fingerprint density at radius 3 is 2.20 bits per heavy atom. The van der Waals surface area contributed by atoms with Crippen LogP contribution in [0.15, 0.2) is 0 Å². The molecule has 0 aliphatic rings. The Kier molecular flexibility index (Phi) is 5.03. The molecule has 5 nitrogen and oxygen atoms in total. The van der Waals surface area contributed by atoms with Crippen LogP contribution >= 0.6 is 11.6 Å². The van der Waals surface area contributed by atoms with Gasteiger partial charge in [0.25, 0.3) is 0 Å². The topological polar surface area (TPSA) is 89.6 Å². The summed E-state index contributed by atoms with van der Waals surface area (Å²) < 4.78 is 4.93. The fourth-order valence-electron chi connectivity index (χ4n) is 0.913. The van der Waals surface area contributed by atoms with Gasteiger partial charge in [0, 0.05) is 11.9 Å². The molecule has 0 aliphatic heterocycles. The van der Waals surface area contributed by atoms with Gasteiger partial charge in [0.05, 0.1) is 0 Å². The quantitative estimate of drug-likeness (QED) is 0.425. The van der Waals surface area contributed by atoms with Crippen molar-refractivity contribution in [2.75, 3.05) is 5.88 Å². The Hall–Kier alpha value is -0.810. The predicted molar refractivity (Wildman–Crippen MR) is 55.7 cm³/mol. The van der Waals surface area contributed by atoms with Gasteiger partial charge in [-0.15, -0.1) is 11.6 Å². The zero-order valence-corrected chi connectivity index (χ0v) is 9.75. The van der Waals surface area contributed by atoms with Crippen LogP contribution < -0.4 is 5.73 Å². The van der Waals surface area contributed by atoms with E-state index in [4.69, 9.17) is 27.2 Å². The minimum Gasteiger partial charge on any atom is -0.481 e. The smallest absolute Gasteiger partial charge is 0.322 e. The van der Waals surface area contributed by atoms with E-state index in [9.17, 15) is 9.59 Å². The molecule has 0 fully saturated rings. The number of hydrogen-bond donors (Lipinski definition) is 2. The van der Waals surface area contributed by atoms with Gasteiger partial charge in [-0.25, -0.2) is 0 Å². The molecule has 0 aromatic carbocycles. The summed E-state index contributed by atoms with van der Waals surface area (Å²) in [6.07, 6.45) is 0. The number of carbonyl (C=O) groups excluding carboxylic acids is 1. The highest BCUT2D eigenvalue weighted by atomic mass is 35.5. The summed E-state index contributed by atoms with van der Waals surface area (Å²) >= 11 is 5.41. The van der Waals surface area contributed by atoms with E-state index in [1.807, 2.05) is 0 Å². The van der Waals surface area contributed by atoms with Crippen LogP contribution in [-0.4, -0.2) is 34.6 Å². The van der Waals surface area contributed by atoms with E-state index >= 15 is 0 Å². The van der Waals surface area contributed by atoms with Crippen LogP contribution in [0.5, 0.6) is 0 Å². The molecular weight excluding hydrogens is 222 g/mol. The third-order valence-electron chi connectivity index (χ3n) is 1.53. The number of halogens is 1. The molecule has 0 rings (SSSR count). The predicted octanol–water partition coefficient (Wildman–Crippen LogP) is 0.595. The van der Waals surface area contributed by atoms with Crippen molar-refractivity contribution in [1.82, 2.24) is 0 Å². The van der Waals surface area contributed by atoms with Gasteiger partial charge < -0.3 is 15.6 Å². The van der Waals surface area contributed by atoms with Gasteiger partial charge in [-0.3, -0.25) is 9.59 Å². The summed E-state index contributed by atoms with van der Waals surface area (Å²) in [4.78, 5) is 22.2. The van der Waals surface area contributed by atoms with E-state index in [2.05, 4.69) is 0 Å². The number of rotatable bonds is 4. The molecule has 0 aliphatic carbocycles. The Balaban J connectivity index is 4.65. The number of hydrogen-bond acceptors (Lipinski definition) is 4. The highest BCUT2D eigenvalue weighted by Gasteiger charge is 2.35. The monoisotopic (exact) mass is 237 g/mol. The lowest BCUT2D eigenvalue weighted by Gasteiger charge is -2.24. The molecule has 2 atom stereocenters. The van der Waals surface area contributed by atoms with Crippen LogP contribution in [-0.2, 0) is 14.3 Å². The number of carbonyl (C=O) groups is 2. The van der Waals surface area contributed by atoms with Gasteiger partial charge in [-0.1, -0.05) is 0 Å². The van der Waals surface area contributed by atoms with E-state index in [0.29, 0.717) is 0 Å². The number of esters is 1. The van der Waals surface area contributed by atoms with Gasteiger partial charge in [-0.2, -0.15) is 0 Å². The average molecular weight is 238 g/mol. The molecule has 0 amide bonds. The standard InChI is InChI=1S/C9H16ClNO4/c1-9(2,3)15-8(14)6(7(12)13)5(11)4-10/h5-6H,4,11H2,1-3H3,(H,12,13). The first-order valence-corrected chi connectivity index (χ1v) is 4.99. The molecule has 0 aromatic heterocycles. The summed E-state index contributed by atoms with van der Waals surface area (Å²) in [5.74, 6) is -3.71. The van der Waals surface area contributed by atoms with Crippen molar-refractivity contribution in [2.24, 2.45) is 11.7 Å². The molecule has 2 unspecified atom stereocenters. The molecule has 6 heteroatoms. The Bertz CT molecular complexity index is 249. The molecule has 0 bridgehead atoms. The van der Waals surface area contributed by atoms with Crippen LogP contribution in [0.2, 0.25) is 0 Å². The molecular formula is C9H16ClNO4. The molecule has 0 aromatic rings. The number of alkyl halides is 1. The highest BCUT2D eigenvalue weighted by molar-refractivity contribution is 6.18. The minimum atomic E-state index is -1.42. The SMILES string of the molecule is CC(C)(C)OC(=O)C(C(=O)O)C(N)CCl. The molecule has 0 saturated carbocycles. The van der Waals surface area contributed by atoms with Crippen LogP contribution in [0.1, 0.15) is 20.8 Å². The summed E-state index contributed by atoms with van der Waals surface area (Å²) in [6.45, 7) is 4.95. The molecule has 15 heavy (non-hydrogen) atoms. The van der Waals surface area contributed by atoms with E-state index in [1.54, 1.807) is 20.8 Å². The maximum atomic E-state index is 11.5. The van der Waals surface area contributed by atoms with E-state index in [1.165, 1.54) is 0 Å². The van der Waals surface area contributed by atoms with E-state index in [-0.39, 0.29) is 5.88 Å². The van der Waals surface area contributed by atoms with Crippen molar-refractivity contribution in [3.05, 3.63) is 0 Å². The zero-order chi connectivity index (χ0) is 12.2. The number of carboxylic acid groups (broad SMARTS) is 1. The van der Waals surface area contributed by atoms with Crippen molar-refractivity contribution in [2.45, 2.75) is 32.4 Å². The minimum absolute atomic E-state index is 0.115. The summed E-state index contributed by atoms with van der Waals surface area (Å²) in [5, 5.41) is 8.80. The van der Waals surface area contributed by atoms with Crippen molar-refractivity contribution >= 4 is 23.5 Å². The molecule has 0 saturated heterocycles. The number of carboxylic acids is 1. The van der Waals surface area contributed by atoms with Crippen molar-refractivity contribution in [3.8, 4) is 0 Å². The van der Waals surface area contributed by atoms with Crippen LogP contribution in [0, 0.1) is 5.92 Å². The lowest BCUT2D eigenvalue weighted by molar-refractivity contribution is -0.167. The van der Waals surface area contributed by atoms with Crippen LogP contribution in [0.4, 0.5) is 0 Å². The summed E-state index contributed by atoms with van der Waals surface area (Å²) in [7, 11) is 0. The van der Waals surface area contributed by atoms with Crippen molar-refractivity contribution in [1.29, 1.82) is 0 Å². The van der Waals surface area contributed by atoms with Gasteiger partial charge in [0.2, 0.25) is 0 Å². The second-order valence-corrected chi connectivity index (χ2v) is 4.48. The first kappa shape index (κ1) is 14.2. The third kappa shape index (κ3) is 4.99. The fourth-order valence-corrected chi connectivity index (χ4v) is 1.09. The zero-order valence-electron chi connectivity index (χ0n) is 8.99. The molecule has 3 N–H and O–H groups in total. The number of ether oxygens (including phenoxy) is 1. The maximum absolute atomic E-state index is 11.5. The Morgan fingerprint density at radius 2 is 1.93 bits per heavy atom. The number of aliphatic carboxylic acids is 1. The molecule has 0 radical (unpaired) electrons. The lowest BCUT2D eigenvalue weighted by atomic mass is 10.0. The molecule has 0 spiro atoms. The van der Waals surface area contributed by atoms with Gasteiger partial charge >= 0.3 is 11.9 Å². The highest BCUT2D eigenvalue weighted by Crippen LogP contribution is 2.14. The fraction of sp³-hybridized carbons (Fsp3) is 0.778. The molecule has 88 valence electrons. The third-order valence-corrected chi connectivity index (χ3v) is 1.89. The van der Waals surface area contributed by atoms with Gasteiger partial charge in [-0.05, 0) is 20.8 Å². The first-order chi connectivity index (χ1) is 6.69. The normalized spacial score (nSPS) is 15.5. The lowest BCUT2D eigenvalue weighted by Crippen LogP contribution is -2.44. The summed E-state index contributed by atoms with van der Waals surface area (Å²) in [6, 6.07) is -0.945. The second-order valence-electron chi connectivity index (χ2n) is 4.17. The second kappa shape index (κ2) is 5.32. The number of nitrogens with two attached hydrogens (primary N) is 1.